The lowest BCUT2D eigenvalue weighted by atomic mass is 10.2. The minimum absolute atomic E-state index is 0.274. The van der Waals surface area contributed by atoms with Crippen LogP contribution in [-0.4, -0.2) is 19.8 Å². The van der Waals surface area contributed by atoms with Crippen molar-refractivity contribution in [1.29, 1.82) is 0 Å². The van der Waals surface area contributed by atoms with Crippen LogP contribution in [0.3, 0.4) is 0 Å². The third-order valence-electron chi connectivity index (χ3n) is 2.22. The Morgan fingerprint density at radius 2 is 2.00 bits per heavy atom. The van der Waals surface area contributed by atoms with Crippen molar-refractivity contribution in [1.82, 2.24) is 0 Å². The molecule has 1 rings (SSSR count). The summed E-state index contributed by atoms with van der Waals surface area (Å²) < 4.78 is 23.9. The van der Waals surface area contributed by atoms with Gasteiger partial charge in [0, 0.05) is 18.0 Å². The summed E-state index contributed by atoms with van der Waals surface area (Å²) in [5.41, 5.74) is 0.868. The Morgan fingerprint density at radius 3 is 2.71 bits per heavy atom. The fourth-order valence-electron chi connectivity index (χ4n) is 1.35. The highest BCUT2D eigenvalue weighted by Gasteiger charge is 2.01. The molecule has 1 aromatic rings. The molecule has 0 radical (unpaired) electrons. The fraction of sp³-hybridized carbons (Fsp3) is 0.538. The van der Waals surface area contributed by atoms with Gasteiger partial charge in [-0.3, -0.25) is 0 Å². The van der Waals surface area contributed by atoms with E-state index in [0.717, 1.165) is 25.0 Å². The standard InChI is InChI=1S/C13H18BrFO2/c1-2-3-4-16-5-6-17-13-8-11(10-14)7-12(15)9-13/h7-9H,2-6,10H2,1H3. The molecule has 96 valence electrons. The third-order valence-corrected chi connectivity index (χ3v) is 2.87. The number of ether oxygens (including phenoxy) is 2. The monoisotopic (exact) mass is 304 g/mol. The largest absolute Gasteiger partial charge is 0.491 e. The topological polar surface area (TPSA) is 18.5 Å². The number of unbranched alkanes of at least 4 members (excludes halogenated alkanes) is 1. The maximum atomic E-state index is 13.2. The van der Waals surface area contributed by atoms with Gasteiger partial charge in [-0.05, 0) is 24.1 Å². The molecule has 0 spiro atoms. The fourth-order valence-corrected chi connectivity index (χ4v) is 1.67. The zero-order valence-corrected chi connectivity index (χ0v) is 11.6. The lowest BCUT2D eigenvalue weighted by Gasteiger charge is -2.08. The smallest absolute Gasteiger partial charge is 0.127 e. The molecule has 17 heavy (non-hydrogen) atoms. The van der Waals surface area contributed by atoms with Crippen molar-refractivity contribution in [3.63, 3.8) is 0 Å². The second-order valence-electron chi connectivity index (χ2n) is 3.74. The van der Waals surface area contributed by atoms with Crippen molar-refractivity contribution >= 4 is 15.9 Å². The SMILES string of the molecule is CCCCOCCOc1cc(F)cc(CBr)c1. The summed E-state index contributed by atoms with van der Waals surface area (Å²) in [6.45, 7) is 3.87. The highest BCUT2D eigenvalue weighted by molar-refractivity contribution is 9.08. The molecule has 0 aliphatic carbocycles. The number of rotatable bonds is 8. The van der Waals surface area contributed by atoms with Crippen LogP contribution in [0.25, 0.3) is 0 Å². The predicted octanol–water partition coefficient (Wildman–Crippen LogP) is 3.92. The van der Waals surface area contributed by atoms with Crippen LogP contribution in [0.15, 0.2) is 18.2 Å². The Hall–Kier alpha value is -0.610. The molecule has 0 N–H and O–H groups in total. The Bertz CT molecular complexity index is 331. The lowest BCUT2D eigenvalue weighted by molar-refractivity contribution is 0.0979. The van der Waals surface area contributed by atoms with Crippen LogP contribution >= 0.6 is 15.9 Å². The van der Waals surface area contributed by atoms with E-state index in [9.17, 15) is 4.39 Å². The van der Waals surface area contributed by atoms with E-state index in [1.165, 1.54) is 12.1 Å². The summed E-state index contributed by atoms with van der Waals surface area (Å²) >= 11 is 3.29. The van der Waals surface area contributed by atoms with E-state index >= 15 is 0 Å². The van der Waals surface area contributed by atoms with E-state index < -0.39 is 0 Å². The van der Waals surface area contributed by atoms with E-state index in [2.05, 4.69) is 22.9 Å². The maximum Gasteiger partial charge on any atom is 0.127 e. The van der Waals surface area contributed by atoms with Gasteiger partial charge >= 0.3 is 0 Å². The Labute approximate surface area is 110 Å². The zero-order valence-electron chi connectivity index (χ0n) is 10.0. The molecule has 1 aromatic carbocycles. The van der Waals surface area contributed by atoms with Crippen molar-refractivity contribution in [2.24, 2.45) is 0 Å². The van der Waals surface area contributed by atoms with Crippen LogP contribution in [0.5, 0.6) is 5.75 Å². The Morgan fingerprint density at radius 1 is 1.18 bits per heavy atom. The van der Waals surface area contributed by atoms with Gasteiger partial charge in [0.15, 0.2) is 0 Å². The van der Waals surface area contributed by atoms with Gasteiger partial charge in [-0.25, -0.2) is 4.39 Å². The minimum atomic E-state index is -0.274. The van der Waals surface area contributed by atoms with Crippen molar-refractivity contribution in [3.05, 3.63) is 29.6 Å². The summed E-state index contributed by atoms with van der Waals surface area (Å²) in [7, 11) is 0. The van der Waals surface area contributed by atoms with Crippen LogP contribution in [0.2, 0.25) is 0 Å². The summed E-state index contributed by atoms with van der Waals surface area (Å²) in [6, 6.07) is 4.70. The first-order valence-electron chi connectivity index (χ1n) is 5.82. The van der Waals surface area contributed by atoms with Gasteiger partial charge in [-0.2, -0.15) is 0 Å². The van der Waals surface area contributed by atoms with Crippen molar-refractivity contribution in [3.8, 4) is 5.75 Å². The maximum absolute atomic E-state index is 13.2. The average molecular weight is 305 g/mol. The van der Waals surface area contributed by atoms with Gasteiger partial charge in [0.25, 0.3) is 0 Å². The van der Waals surface area contributed by atoms with Crippen molar-refractivity contribution in [2.45, 2.75) is 25.1 Å². The molecule has 0 amide bonds. The van der Waals surface area contributed by atoms with Crippen LogP contribution in [-0.2, 0) is 10.1 Å². The van der Waals surface area contributed by atoms with Crippen LogP contribution in [0.4, 0.5) is 4.39 Å². The summed E-state index contributed by atoms with van der Waals surface area (Å²) in [6.07, 6.45) is 2.19. The summed E-state index contributed by atoms with van der Waals surface area (Å²) in [4.78, 5) is 0. The summed E-state index contributed by atoms with van der Waals surface area (Å²) in [5, 5.41) is 0.619. The first-order valence-corrected chi connectivity index (χ1v) is 6.94. The number of halogens is 2. The Kier molecular flexibility index (Phi) is 7.21. The molecule has 0 unspecified atom stereocenters. The molecule has 0 bridgehead atoms. The van der Waals surface area contributed by atoms with E-state index in [-0.39, 0.29) is 5.82 Å². The normalized spacial score (nSPS) is 10.5. The second kappa shape index (κ2) is 8.48. The zero-order chi connectivity index (χ0) is 12.5. The molecule has 0 aliphatic rings. The predicted molar refractivity (Wildman–Crippen MR) is 70.3 cm³/mol. The average Bonchev–Trinajstić information content (AvgIpc) is 2.33. The molecular formula is C13H18BrFO2. The number of alkyl halides is 1. The van der Waals surface area contributed by atoms with Gasteiger partial charge in [-0.1, -0.05) is 29.3 Å². The van der Waals surface area contributed by atoms with Gasteiger partial charge in [0.2, 0.25) is 0 Å². The van der Waals surface area contributed by atoms with Gasteiger partial charge in [0.1, 0.15) is 18.2 Å². The van der Waals surface area contributed by atoms with Crippen molar-refractivity contribution < 1.29 is 13.9 Å². The van der Waals surface area contributed by atoms with E-state index in [1.807, 2.05) is 6.07 Å². The first kappa shape index (κ1) is 14.5. The first-order chi connectivity index (χ1) is 8.26. The van der Waals surface area contributed by atoms with E-state index in [1.54, 1.807) is 0 Å². The molecule has 0 saturated carbocycles. The number of hydrogen-bond donors (Lipinski definition) is 0. The lowest BCUT2D eigenvalue weighted by Crippen LogP contribution is -2.07. The molecule has 0 saturated heterocycles. The van der Waals surface area contributed by atoms with Crippen LogP contribution in [0.1, 0.15) is 25.3 Å². The molecule has 0 heterocycles. The molecule has 4 heteroatoms. The highest BCUT2D eigenvalue weighted by Crippen LogP contribution is 2.18. The quantitative estimate of drug-likeness (QED) is 0.535. The minimum Gasteiger partial charge on any atom is -0.491 e. The van der Waals surface area contributed by atoms with Gasteiger partial charge in [-0.15, -0.1) is 0 Å². The number of hydrogen-bond acceptors (Lipinski definition) is 2. The molecule has 0 aliphatic heterocycles. The van der Waals surface area contributed by atoms with E-state index in [4.69, 9.17) is 9.47 Å². The molecular weight excluding hydrogens is 287 g/mol. The molecule has 0 fully saturated rings. The molecule has 2 nitrogen and oxygen atoms in total. The second-order valence-corrected chi connectivity index (χ2v) is 4.30. The molecule has 0 aromatic heterocycles. The Balaban J connectivity index is 2.28. The third kappa shape index (κ3) is 6.03. The van der Waals surface area contributed by atoms with Crippen LogP contribution < -0.4 is 4.74 Å². The number of benzene rings is 1. The van der Waals surface area contributed by atoms with Crippen LogP contribution in [0, 0.1) is 5.82 Å². The van der Waals surface area contributed by atoms with Gasteiger partial charge in [0.05, 0.1) is 6.61 Å². The highest BCUT2D eigenvalue weighted by atomic mass is 79.9. The van der Waals surface area contributed by atoms with E-state index in [0.29, 0.717) is 24.3 Å². The molecule has 0 atom stereocenters. The van der Waals surface area contributed by atoms with Gasteiger partial charge < -0.3 is 9.47 Å². The summed E-state index contributed by atoms with van der Waals surface area (Å²) in [5.74, 6) is 0.280. The van der Waals surface area contributed by atoms with Crippen molar-refractivity contribution in [2.75, 3.05) is 19.8 Å².